The molecule has 1 aromatic carbocycles. The lowest BCUT2D eigenvalue weighted by Gasteiger charge is -2.05. The van der Waals surface area contributed by atoms with Crippen molar-refractivity contribution in [3.8, 4) is 0 Å². The predicted molar refractivity (Wildman–Crippen MR) is 77.3 cm³/mol. The van der Waals surface area contributed by atoms with E-state index in [9.17, 15) is 9.59 Å². The first-order valence-electron chi connectivity index (χ1n) is 6.61. The van der Waals surface area contributed by atoms with Gasteiger partial charge in [0.2, 0.25) is 0 Å². The second kappa shape index (κ2) is 6.74. The highest BCUT2D eigenvalue weighted by molar-refractivity contribution is 5.92. The normalized spacial score (nSPS) is 10.2. The van der Waals surface area contributed by atoms with E-state index in [2.05, 4.69) is 10.1 Å². The molecule has 5 heteroatoms. The van der Waals surface area contributed by atoms with Gasteiger partial charge < -0.3 is 14.5 Å². The van der Waals surface area contributed by atoms with Crippen molar-refractivity contribution in [3.63, 3.8) is 0 Å². The predicted octanol–water partition coefficient (Wildman–Crippen LogP) is 2.35. The number of ether oxygens (including phenoxy) is 1. The summed E-state index contributed by atoms with van der Waals surface area (Å²) in [5.41, 5.74) is 2.35. The Morgan fingerprint density at radius 2 is 1.90 bits per heavy atom. The number of esters is 1. The molecule has 1 amide bonds. The molecular formula is C16H17NO4. The molecule has 0 saturated carbocycles. The lowest BCUT2D eigenvalue weighted by atomic mass is 10.1. The van der Waals surface area contributed by atoms with Crippen LogP contribution in [0.2, 0.25) is 0 Å². The Morgan fingerprint density at radius 1 is 1.19 bits per heavy atom. The SMILES string of the molecule is COC(=O)c1ccc(CCNC(=O)c2occc2C)cc1. The first-order valence-corrected chi connectivity index (χ1v) is 6.61. The number of aryl methyl sites for hydroxylation is 1. The molecule has 1 N–H and O–H groups in total. The van der Waals surface area contributed by atoms with Crippen LogP contribution in [0.4, 0.5) is 0 Å². The van der Waals surface area contributed by atoms with Gasteiger partial charge in [-0.2, -0.15) is 0 Å². The van der Waals surface area contributed by atoms with Crippen molar-refractivity contribution in [2.75, 3.05) is 13.7 Å². The Kier molecular flexibility index (Phi) is 4.77. The van der Waals surface area contributed by atoms with Crippen molar-refractivity contribution >= 4 is 11.9 Å². The van der Waals surface area contributed by atoms with Crippen LogP contribution in [-0.2, 0) is 11.2 Å². The van der Waals surface area contributed by atoms with Crippen LogP contribution in [0.5, 0.6) is 0 Å². The average Bonchev–Trinajstić information content (AvgIpc) is 2.93. The lowest BCUT2D eigenvalue weighted by molar-refractivity contribution is 0.0600. The number of amides is 1. The Hall–Kier alpha value is -2.56. The van der Waals surface area contributed by atoms with Gasteiger partial charge in [0.1, 0.15) is 0 Å². The maximum atomic E-state index is 11.8. The van der Waals surface area contributed by atoms with E-state index in [0.717, 1.165) is 11.1 Å². The maximum Gasteiger partial charge on any atom is 0.337 e. The molecule has 110 valence electrons. The summed E-state index contributed by atoms with van der Waals surface area (Å²) < 4.78 is 9.75. The smallest absolute Gasteiger partial charge is 0.337 e. The zero-order valence-electron chi connectivity index (χ0n) is 12.0. The highest BCUT2D eigenvalue weighted by Gasteiger charge is 2.11. The van der Waals surface area contributed by atoms with E-state index in [1.165, 1.54) is 13.4 Å². The number of nitrogens with one attached hydrogen (secondary N) is 1. The fourth-order valence-electron chi connectivity index (χ4n) is 1.93. The zero-order chi connectivity index (χ0) is 15.2. The van der Waals surface area contributed by atoms with Gasteiger partial charge in [-0.1, -0.05) is 12.1 Å². The third kappa shape index (κ3) is 3.72. The number of rotatable bonds is 5. The van der Waals surface area contributed by atoms with Gasteiger partial charge in [-0.3, -0.25) is 4.79 Å². The maximum absolute atomic E-state index is 11.8. The number of hydrogen-bond acceptors (Lipinski definition) is 4. The first kappa shape index (κ1) is 14.8. The third-order valence-corrected chi connectivity index (χ3v) is 3.14. The lowest BCUT2D eigenvalue weighted by Crippen LogP contribution is -2.25. The molecular weight excluding hydrogens is 270 g/mol. The highest BCUT2D eigenvalue weighted by Crippen LogP contribution is 2.09. The van der Waals surface area contributed by atoms with Crippen LogP contribution in [0, 0.1) is 6.92 Å². The first-order chi connectivity index (χ1) is 10.1. The molecule has 0 aliphatic rings. The van der Waals surface area contributed by atoms with Crippen molar-refractivity contribution in [2.45, 2.75) is 13.3 Å². The molecule has 0 unspecified atom stereocenters. The summed E-state index contributed by atoms with van der Waals surface area (Å²) in [6, 6.07) is 8.85. The topological polar surface area (TPSA) is 68.5 Å². The van der Waals surface area contributed by atoms with Gasteiger partial charge in [0, 0.05) is 12.1 Å². The summed E-state index contributed by atoms with van der Waals surface area (Å²) in [6.45, 7) is 2.32. The molecule has 2 rings (SSSR count). The number of methoxy groups -OCH3 is 1. The molecule has 21 heavy (non-hydrogen) atoms. The molecule has 1 aromatic heterocycles. The minimum Gasteiger partial charge on any atom is -0.465 e. The van der Waals surface area contributed by atoms with Gasteiger partial charge in [0.05, 0.1) is 18.9 Å². The van der Waals surface area contributed by atoms with E-state index >= 15 is 0 Å². The quantitative estimate of drug-likeness (QED) is 0.857. The number of benzene rings is 1. The molecule has 5 nitrogen and oxygen atoms in total. The minimum atomic E-state index is -0.358. The number of carbonyl (C=O) groups excluding carboxylic acids is 2. The molecule has 0 radical (unpaired) electrons. The molecule has 2 aromatic rings. The second-order valence-corrected chi connectivity index (χ2v) is 4.63. The summed E-state index contributed by atoms with van der Waals surface area (Å²) in [5, 5.41) is 2.80. The van der Waals surface area contributed by atoms with E-state index in [1.807, 2.05) is 19.1 Å². The van der Waals surface area contributed by atoms with Gasteiger partial charge in [-0.25, -0.2) is 4.79 Å². The second-order valence-electron chi connectivity index (χ2n) is 4.63. The van der Waals surface area contributed by atoms with Crippen molar-refractivity contribution in [1.29, 1.82) is 0 Å². The Balaban J connectivity index is 1.85. The number of carbonyl (C=O) groups is 2. The Labute approximate surface area is 122 Å². The van der Waals surface area contributed by atoms with Crippen molar-refractivity contribution < 1.29 is 18.7 Å². The van der Waals surface area contributed by atoms with E-state index in [0.29, 0.717) is 24.3 Å². The van der Waals surface area contributed by atoms with Gasteiger partial charge >= 0.3 is 5.97 Å². The molecule has 0 fully saturated rings. The van der Waals surface area contributed by atoms with Gasteiger partial charge in [0.15, 0.2) is 5.76 Å². The van der Waals surface area contributed by atoms with Crippen molar-refractivity contribution in [1.82, 2.24) is 5.32 Å². The highest BCUT2D eigenvalue weighted by atomic mass is 16.5. The van der Waals surface area contributed by atoms with E-state index in [1.54, 1.807) is 18.2 Å². The summed E-state index contributed by atoms with van der Waals surface area (Å²) in [5.74, 6) is -0.233. The van der Waals surface area contributed by atoms with E-state index in [-0.39, 0.29) is 11.9 Å². The molecule has 0 bridgehead atoms. The van der Waals surface area contributed by atoms with Crippen LogP contribution in [0.15, 0.2) is 41.0 Å². The molecule has 0 saturated heterocycles. The molecule has 0 aliphatic carbocycles. The van der Waals surface area contributed by atoms with Crippen molar-refractivity contribution in [2.24, 2.45) is 0 Å². The van der Waals surface area contributed by atoms with Crippen LogP contribution in [0.25, 0.3) is 0 Å². The summed E-state index contributed by atoms with van der Waals surface area (Å²) in [6.07, 6.45) is 2.17. The van der Waals surface area contributed by atoms with Gasteiger partial charge in [-0.05, 0) is 37.1 Å². The fraction of sp³-hybridized carbons (Fsp3) is 0.250. The van der Waals surface area contributed by atoms with Crippen LogP contribution in [0.3, 0.4) is 0 Å². The van der Waals surface area contributed by atoms with Crippen LogP contribution < -0.4 is 5.32 Å². The fourth-order valence-corrected chi connectivity index (χ4v) is 1.93. The molecule has 0 spiro atoms. The molecule has 1 heterocycles. The van der Waals surface area contributed by atoms with E-state index < -0.39 is 0 Å². The minimum absolute atomic E-state index is 0.219. The number of furan rings is 1. The van der Waals surface area contributed by atoms with Crippen LogP contribution >= 0.6 is 0 Å². The number of hydrogen-bond donors (Lipinski definition) is 1. The summed E-state index contributed by atoms with van der Waals surface area (Å²) in [4.78, 5) is 23.1. The van der Waals surface area contributed by atoms with E-state index in [4.69, 9.17) is 4.42 Å². The monoisotopic (exact) mass is 287 g/mol. The zero-order valence-corrected chi connectivity index (χ0v) is 12.0. The molecule has 0 atom stereocenters. The van der Waals surface area contributed by atoms with Gasteiger partial charge in [-0.15, -0.1) is 0 Å². The Morgan fingerprint density at radius 3 is 2.48 bits per heavy atom. The summed E-state index contributed by atoms with van der Waals surface area (Å²) >= 11 is 0. The van der Waals surface area contributed by atoms with Gasteiger partial charge in [0.25, 0.3) is 5.91 Å². The molecule has 0 aliphatic heterocycles. The van der Waals surface area contributed by atoms with Crippen LogP contribution in [0.1, 0.15) is 32.0 Å². The third-order valence-electron chi connectivity index (χ3n) is 3.14. The average molecular weight is 287 g/mol. The standard InChI is InChI=1S/C16H17NO4/c1-11-8-10-21-14(11)15(18)17-9-7-12-3-5-13(6-4-12)16(19)20-2/h3-6,8,10H,7,9H2,1-2H3,(H,17,18). The summed E-state index contributed by atoms with van der Waals surface area (Å²) in [7, 11) is 1.35. The van der Waals surface area contributed by atoms with Crippen LogP contribution in [-0.4, -0.2) is 25.5 Å². The Bertz CT molecular complexity index is 628. The largest absolute Gasteiger partial charge is 0.465 e. The van der Waals surface area contributed by atoms with Crippen molar-refractivity contribution in [3.05, 3.63) is 59.0 Å².